The minimum atomic E-state index is -0.558. The van der Waals surface area contributed by atoms with E-state index in [2.05, 4.69) is 10.6 Å². The summed E-state index contributed by atoms with van der Waals surface area (Å²) in [7, 11) is 1.57. The predicted octanol–water partition coefficient (Wildman–Crippen LogP) is 2.61. The lowest BCUT2D eigenvalue weighted by molar-refractivity contribution is 0.0963. The molecular formula is C16H16F2N2O. The molecule has 0 unspecified atom stereocenters. The van der Waals surface area contributed by atoms with Crippen LogP contribution in [0.25, 0.3) is 0 Å². The van der Waals surface area contributed by atoms with E-state index in [9.17, 15) is 13.6 Å². The minimum absolute atomic E-state index is 0.0273. The van der Waals surface area contributed by atoms with Gasteiger partial charge in [-0.15, -0.1) is 0 Å². The quantitative estimate of drug-likeness (QED) is 0.888. The van der Waals surface area contributed by atoms with Gasteiger partial charge in [0.05, 0.1) is 0 Å². The van der Waals surface area contributed by atoms with Crippen molar-refractivity contribution in [3.05, 3.63) is 70.8 Å². The smallest absolute Gasteiger partial charge is 0.251 e. The Balaban J connectivity index is 1.93. The number of carbonyl (C=O) groups is 1. The lowest BCUT2D eigenvalue weighted by Gasteiger charge is -2.08. The van der Waals surface area contributed by atoms with Crippen molar-refractivity contribution in [2.75, 3.05) is 7.05 Å². The van der Waals surface area contributed by atoms with E-state index in [0.717, 1.165) is 5.56 Å². The Hall–Kier alpha value is -2.27. The van der Waals surface area contributed by atoms with Crippen molar-refractivity contribution in [2.45, 2.75) is 13.1 Å². The van der Waals surface area contributed by atoms with E-state index in [1.165, 1.54) is 18.2 Å². The summed E-state index contributed by atoms with van der Waals surface area (Å²) in [5.41, 5.74) is 1.53. The van der Waals surface area contributed by atoms with Gasteiger partial charge in [0.1, 0.15) is 11.6 Å². The fraction of sp³-hybridized carbons (Fsp3) is 0.188. The molecule has 3 nitrogen and oxygen atoms in total. The van der Waals surface area contributed by atoms with E-state index in [1.54, 1.807) is 31.3 Å². The van der Waals surface area contributed by atoms with Crippen LogP contribution in [-0.4, -0.2) is 13.0 Å². The largest absolute Gasteiger partial charge is 0.355 e. The van der Waals surface area contributed by atoms with Crippen molar-refractivity contribution in [2.24, 2.45) is 0 Å². The Morgan fingerprint density at radius 3 is 2.19 bits per heavy atom. The van der Waals surface area contributed by atoms with Crippen LogP contribution in [0.2, 0.25) is 0 Å². The van der Waals surface area contributed by atoms with Gasteiger partial charge in [-0.05, 0) is 29.8 Å². The molecule has 0 fully saturated rings. The average molecular weight is 290 g/mol. The Bertz CT molecular complexity index is 606. The predicted molar refractivity (Wildman–Crippen MR) is 76.7 cm³/mol. The first-order chi connectivity index (χ1) is 10.1. The number of amides is 1. The molecule has 0 aromatic heterocycles. The monoisotopic (exact) mass is 290 g/mol. The number of hydrogen-bond donors (Lipinski definition) is 2. The third-order valence-electron chi connectivity index (χ3n) is 3.14. The van der Waals surface area contributed by atoms with Gasteiger partial charge >= 0.3 is 0 Å². The number of rotatable bonds is 5. The molecule has 0 bridgehead atoms. The van der Waals surface area contributed by atoms with E-state index in [0.29, 0.717) is 12.1 Å². The molecule has 5 heteroatoms. The molecule has 110 valence electrons. The number of benzene rings is 2. The van der Waals surface area contributed by atoms with Crippen LogP contribution in [-0.2, 0) is 13.1 Å². The molecule has 2 N–H and O–H groups in total. The van der Waals surface area contributed by atoms with E-state index in [-0.39, 0.29) is 18.0 Å². The van der Waals surface area contributed by atoms with Gasteiger partial charge in [-0.25, -0.2) is 8.78 Å². The van der Waals surface area contributed by atoms with E-state index in [4.69, 9.17) is 0 Å². The van der Waals surface area contributed by atoms with Gasteiger partial charge in [0.2, 0.25) is 0 Å². The molecule has 0 saturated carbocycles. The van der Waals surface area contributed by atoms with Gasteiger partial charge in [0.25, 0.3) is 5.91 Å². The summed E-state index contributed by atoms with van der Waals surface area (Å²) >= 11 is 0. The summed E-state index contributed by atoms with van der Waals surface area (Å²) in [5, 5.41) is 5.52. The molecule has 21 heavy (non-hydrogen) atoms. The standard InChI is InChI=1S/C16H16F2N2O/c1-19-16(21)12-7-5-11(6-8-12)9-20-10-13-14(17)3-2-4-15(13)18/h2-8,20H,9-10H2,1H3,(H,19,21). The average Bonchev–Trinajstić information content (AvgIpc) is 2.50. The number of nitrogens with one attached hydrogen (secondary N) is 2. The zero-order chi connectivity index (χ0) is 15.2. The summed E-state index contributed by atoms with van der Waals surface area (Å²) < 4.78 is 26.9. The van der Waals surface area contributed by atoms with Gasteiger partial charge in [-0.3, -0.25) is 4.79 Å². The van der Waals surface area contributed by atoms with Crippen molar-refractivity contribution in [1.29, 1.82) is 0 Å². The summed E-state index contributed by atoms with van der Waals surface area (Å²) in [5.74, 6) is -1.27. The van der Waals surface area contributed by atoms with E-state index >= 15 is 0 Å². The van der Waals surface area contributed by atoms with Crippen molar-refractivity contribution in [3.63, 3.8) is 0 Å². The lowest BCUT2D eigenvalue weighted by atomic mass is 10.1. The SMILES string of the molecule is CNC(=O)c1ccc(CNCc2c(F)cccc2F)cc1. The summed E-state index contributed by atoms with van der Waals surface area (Å²) in [6, 6.07) is 10.8. The molecule has 0 spiro atoms. The first kappa shape index (κ1) is 15.1. The molecule has 0 heterocycles. The van der Waals surface area contributed by atoms with Crippen LogP contribution in [0.15, 0.2) is 42.5 Å². The Labute approximate surface area is 122 Å². The first-order valence-corrected chi connectivity index (χ1v) is 6.56. The zero-order valence-electron chi connectivity index (χ0n) is 11.6. The van der Waals surface area contributed by atoms with Crippen LogP contribution in [0, 0.1) is 11.6 Å². The first-order valence-electron chi connectivity index (χ1n) is 6.56. The van der Waals surface area contributed by atoms with Gasteiger partial charge in [0.15, 0.2) is 0 Å². The molecule has 0 radical (unpaired) electrons. The van der Waals surface area contributed by atoms with Gasteiger partial charge in [-0.2, -0.15) is 0 Å². The highest BCUT2D eigenvalue weighted by molar-refractivity contribution is 5.93. The molecule has 2 aromatic rings. The maximum absolute atomic E-state index is 13.4. The molecule has 0 aliphatic rings. The van der Waals surface area contributed by atoms with Gasteiger partial charge < -0.3 is 10.6 Å². The minimum Gasteiger partial charge on any atom is -0.355 e. The third kappa shape index (κ3) is 3.86. The lowest BCUT2D eigenvalue weighted by Crippen LogP contribution is -2.18. The molecule has 0 atom stereocenters. The second kappa shape index (κ2) is 6.95. The van der Waals surface area contributed by atoms with E-state index < -0.39 is 11.6 Å². The maximum Gasteiger partial charge on any atom is 0.251 e. The van der Waals surface area contributed by atoms with Crippen LogP contribution < -0.4 is 10.6 Å². The fourth-order valence-corrected chi connectivity index (χ4v) is 1.95. The molecule has 0 saturated heterocycles. The number of carbonyl (C=O) groups excluding carboxylic acids is 1. The van der Waals surface area contributed by atoms with Crippen LogP contribution >= 0.6 is 0 Å². The second-order valence-electron chi connectivity index (χ2n) is 4.58. The van der Waals surface area contributed by atoms with Crippen molar-refractivity contribution in [3.8, 4) is 0 Å². The Morgan fingerprint density at radius 2 is 1.62 bits per heavy atom. The number of hydrogen-bond acceptors (Lipinski definition) is 2. The topological polar surface area (TPSA) is 41.1 Å². The van der Waals surface area contributed by atoms with Gasteiger partial charge in [0, 0.05) is 31.3 Å². The van der Waals surface area contributed by atoms with Crippen LogP contribution in [0.4, 0.5) is 8.78 Å². The van der Waals surface area contributed by atoms with Crippen molar-refractivity contribution < 1.29 is 13.6 Å². The van der Waals surface area contributed by atoms with Crippen LogP contribution in [0.1, 0.15) is 21.5 Å². The summed E-state index contributed by atoms with van der Waals surface area (Å²) in [6.45, 7) is 0.567. The Kier molecular flexibility index (Phi) is 5.00. The molecule has 2 rings (SSSR count). The van der Waals surface area contributed by atoms with Crippen molar-refractivity contribution >= 4 is 5.91 Å². The zero-order valence-corrected chi connectivity index (χ0v) is 11.6. The molecule has 1 amide bonds. The molecule has 2 aromatic carbocycles. The normalized spacial score (nSPS) is 10.4. The molecule has 0 aliphatic heterocycles. The highest BCUT2D eigenvalue weighted by Crippen LogP contribution is 2.12. The second-order valence-corrected chi connectivity index (χ2v) is 4.58. The van der Waals surface area contributed by atoms with E-state index in [1.807, 2.05) is 0 Å². The number of halogens is 2. The van der Waals surface area contributed by atoms with Crippen LogP contribution in [0.5, 0.6) is 0 Å². The summed E-state index contributed by atoms with van der Waals surface area (Å²) in [4.78, 5) is 11.4. The molecular weight excluding hydrogens is 274 g/mol. The highest BCUT2D eigenvalue weighted by atomic mass is 19.1. The maximum atomic E-state index is 13.4. The summed E-state index contributed by atoms with van der Waals surface area (Å²) in [6.07, 6.45) is 0. The van der Waals surface area contributed by atoms with Gasteiger partial charge in [-0.1, -0.05) is 18.2 Å². The molecule has 0 aliphatic carbocycles. The fourth-order valence-electron chi connectivity index (χ4n) is 1.95. The Morgan fingerprint density at radius 1 is 1.00 bits per heavy atom. The van der Waals surface area contributed by atoms with Crippen LogP contribution in [0.3, 0.4) is 0 Å². The van der Waals surface area contributed by atoms with Crippen molar-refractivity contribution in [1.82, 2.24) is 10.6 Å². The highest BCUT2D eigenvalue weighted by Gasteiger charge is 2.07. The third-order valence-corrected chi connectivity index (χ3v) is 3.14.